The molecule has 0 amide bonds. The number of ether oxygens (including phenoxy) is 2. The van der Waals surface area contributed by atoms with Gasteiger partial charge in [-0.05, 0) is 19.3 Å². The first kappa shape index (κ1) is 20.1. The minimum absolute atomic E-state index is 0.238. The number of nitrogens with zero attached hydrogens (tertiary/aromatic N) is 1. The highest BCUT2D eigenvalue weighted by atomic mass is 16.6. The molecule has 1 saturated heterocycles. The van der Waals surface area contributed by atoms with E-state index in [1.54, 1.807) is 0 Å². The molecule has 0 aromatic carbocycles. The summed E-state index contributed by atoms with van der Waals surface area (Å²) in [6, 6.07) is 1.10. The summed E-state index contributed by atoms with van der Waals surface area (Å²) in [5.74, 6) is -0.426. The number of rotatable bonds is 8. The van der Waals surface area contributed by atoms with Crippen molar-refractivity contribution in [3.8, 4) is 0 Å². The van der Waals surface area contributed by atoms with Crippen molar-refractivity contribution in [1.82, 2.24) is 9.55 Å². The summed E-state index contributed by atoms with van der Waals surface area (Å²) in [7, 11) is 0. The molecular weight excluding hydrogens is 344 g/mol. The number of nitrogens with one attached hydrogen (secondary N) is 1. The van der Waals surface area contributed by atoms with Gasteiger partial charge in [-0.15, -0.1) is 0 Å². The van der Waals surface area contributed by atoms with E-state index in [4.69, 9.17) is 9.47 Å². The molecule has 1 fully saturated rings. The lowest BCUT2D eigenvalue weighted by molar-refractivity contribution is -0.150. The number of esters is 1. The molecule has 0 bridgehead atoms. The zero-order valence-corrected chi connectivity index (χ0v) is 14.5. The highest BCUT2D eigenvalue weighted by Crippen LogP contribution is 2.28. The molecule has 1 aliphatic heterocycles. The van der Waals surface area contributed by atoms with E-state index in [1.807, 2.05) is 24.1 Å². The maximum Gasteiger partial charge on any atom is 0.330 e. The van der Waals surface area contributed by atoms with Crippen molar-refractivity contribution in [1.29, 1.82) is 0 Å². The summed E-state index contributed by atoms with van der Waals surface area (Å²) in [4.78, 5) is 36.7. The van der Waals surface area contributed by atoms with Crippen LogP contribution < -0.4 is 11.2 Å². The first-order chi connectivity index (χ1) is 12.4. The second kappa shape index (κ2) is 9.46. The number of hydrogen-bond donors (Lipinski definition) is 3. The number of allylic oxidation sites excluding steroid dienone is 2. The lowest BCUT2D eigenvalue weighted by Gasteiger charge is -2.16. The molecule has 0 spiro atoms. The molecule has 0 aliphatic carbocycles. The lowest BCUT2D eigenvalue weighted by atomic mass is 10.1. The molecule has 9 nitrogen and oxygen atoms in total. The normalized spacial score (nSPS) is 25.7. The molecular formula is C17H24N2O7. The van der Waals surface area contributed by atoms with Crippen LogP contribution >= 0.6 is 0 Å². The van der Waals surface area contributed by atoms with Gasteiger partial charge in [-0.1, -0.05) is 19.1 Å². The van der Waals surface area contributed by atoms with Crippen LogP contribution in [0.3, 0.4) is 0 Å². The van der Waals surface area contributed by atoms with Crippen molar-refractivity contribution < 1.29 is 24.5 Å². The monoisotopic (exact) mass is 368 g/mol. The van der Waals surface area contributed by atoms with E-state index in [1.165, 1.54) is 6.20 Å². The van der Waals surface area contributed by atoms with Crippen LogP contribution in [0.25, 0.3) is 0 Å². The predicted molar refractivity (Wildman–Crippen MR) is 91.5 cm³/mol. The number of aliphatic hydroxyl groups excluding tert-OH is 2. The topological polar surface area (TPSA) is 131 Å². The number of carbonyl (C=O) groups excluding carboxylic acids is 1. The van der Waals surface area contributed by atoms with Crippen molar-refractivity contribution in [3.05, 3.63) is 45.3 Å². The van der Waals surface area contributed by atoms with Crippen LogP contribution in [0.2, 0.25) is 0 Å². The molecule has 26 heavy (non-hydrogen) atoms. The van der Waals surface area contributed by atoms with Gasteiger partial charge in [-0.25, -0.2) is 4.79 Å². The Labute approximate surface area is 149 Å². The van der Waals surface area contributed by atoms with Crippen LogP contribution in [-0.2, 0) is 14.3 Å². The SMILES string of the molecule is CCC=CCCCC(=O)OCC1O[C@@H](n2ccc(=O)[nH]c2=O)C(O)C1O. The Morgan fingerprint density at radius 2 is 2.12 bits per heavy atom. The molecule has 0 saturated carbocycles. The maximum absolute atomic E-state index is 11.8. The van der Waals surface area contributed by atoms with E-state index < -0.39 is 41.8 Å². The molecule has 2 heterocycles. The van der Waals surface area contributed by atoms with Crippen molar-refractivity contribution in [2.45, 2.75) is 57.1 Å². The fraction of sp³-hybridized carbons (Fsp3) is 0.588. The van der Waals surface area contributed by atoms with Gasteiger partial charge in [0.1, 0.15) is 24.9 Å². The highest BCUT2D eigenvalue weighted by Gasteiger charge is 2.44. The van der Waals surface area contributed by atoms with E-state index in [2.05, 4.69) is 0 Å². The van der Waals surface area contributed by atoms with Crippen LogP contribution in [0.4, 0.5) is 0 Å². The predicted octanol–water partition coefficient (Wildman–Crippen LogP) is -0.164. The van der Waals surface area contributed by atoms with Crippen molar-refractivity contribution in [3.63, 3.8) is 0 Å². The van der Waals surface area contributed by atoms with Gasteiger partial charge < -0.3 is 19.7 Å². The Bertz CT molecular complexity index is 739. The van der Waals surface area contributed by atoms with Gasteiger partial charge in [0.15, 0.2) is 6.23 Å². The third kappa shape index (κ3) is 5.13. The second-order valence-corrected chi connectivity index (χ2v) is 6.02. The quantitative estimate of drug-likeness (QED) is 0.330. The number of aromatic amines is 1. The van der Waals surface area contributed by atoms with Gasteiger partial charge in [0.25, 0.3) is 5.56 Å². The summed E-state index contributed by atoms with van der Waals surface area (Å²) in [5.41, 5.74) is -1.36. The molecule has 144 valence electrons. The fourth-order valence-electron chi connectivity index (χ4n) is 2.62. The largest absolute Gasteiger partial charge is 0.463 e. The summed E-state index contributed by atoms with van der Waals surface area (Å²) in [5, 5.41) is 20.1. The van der Waals surface area contributed by atoms with Crippen LogP contribution in [0.5, 0.6) is 0 Å². The van der Waals surface area contributed by atoms with Crippen molar-refractivity contribution in [2.75, 3.05) is 6.61 Å². The van der Waals surface area contributed by atoms with Crippen LogP contribution in [0.15, 0.2) is 34.0 Å². The third-order valence-corrected chi connectivity index (χ3v) is 4.03. The minimum atomic E-state index is -1.40. The zero-order valence-electron chi connectivity index (χ0n) is 14.5. The van der Waals surface area contributed by atoms with Gasteiger partial charge in [0.2, 0.25) is 0 Å². The highest BCUT2D eigenvalue weighted by molar-refractivity contribution is 5.69. The molecule has 4 atom stereocenters. The van der Waals surface area contributed by atoms with E-state index in [0.29, 0.717) is 6.42 Å². The van der Waals surface area contributed by atoms with Crippen molar-refractivity contribution in [2.24, 2.45) is 0 Å². The van der Waals surface area contributed by atoms with Gasteiger partial charge in [-0.2, -0.15) is 0 Å². The molecule has 9 heteroatoms. The second-order valence-electron chi connectivity index (χ2n) is 6.02. The molecule has 3 unspecified atom stereocenters. The standard InChI is InChI=1S/C17H24N2O7/c1-2-3-4-5-6-7-13(21)25-10-11-14(22)15(23)16(26-11)19-9-8-12(20)18-17(19)24/h3-4,8-9,11,14-16,22-23H,2,5-7,10H2,1H3,(H,18,20,24)/t11?,14?,15?,16-/m1/s1. The van der Waals surface area contributed by atoms with Gasteiger partial charge in [-0.3, -0.25) is 19.1 Å². The van der Waals surface area contributed by atoms with Gasteiger partial charge in [0, 0.05) is 18.7 Å². The molecule has 0 radical (unpaired) electrons. The Morgan fingerprint density at radius 3 is 2.81 bits per heavy atom. The Hall–Kier alpha value is -2.23. The number of carbonyl (C=O) groups is 1. The molecule has 3 N–H and O–H groups in total. The smallest absolute Gasteiger partial charge is 0.330 e. The van der Waals surface area contributed by atoms with Crippen LogP contribution in [0.1, 0.15) is 38.8 Å². The van der Waals surface area contributed by atoms with E-state index >= 15 is 0 Å². The Kier molecular flexibility index (Phi) is 7.31. The summed E-state index contributed by atoms with van der Waals surface area (Å²) in [6.45, 7) is 1.79. The van der Waals surface area contributed by atoms with Crippen LogP contribution in [-0.4, -0.2) is 50.7 Å². The third-order valence-electron chi connectivity index (χ3n) is 4.03. The Balaban J connectivity index is 1.87. The van der Waals surface area contributed by atoms with Gasteiger partial charge in [0.05, 0.1) is 0 Å². The van der Waals surface area contributed by atoms with E-state index in [-0.39, 0.29) is 13.0 Å². The fourth-order valence-corrected chi connectivity index (χ4v) is 2.62. The lowest BCUT2D eigenvalue weighted by Crippen LogP contribution is -2.37. The number of H-pyrrole nitrogens is 1. The van der Waals surface area contributed by atoms with E-state index in [0.717, 1.165) is 23.5 Å². The summed E-state index contributed by atoms with van der Waals surface area (Å²) < 4.78 is 11.5. The first-order valence-corrected chi connectivity index (χ1v) is 8.57. The molecule has 1 aliphatic rings. The summed E-state index contributed by atoms with van der Waals surface area (Å²) >= 11 is 0. The Morgan fingerprint density at radius 1 is 1.35 bits per heavy atom. The van der Waals surface area contributed by atoms with Crippen LogP contribution in [0, 0.1) is 0 Å². The summed E-state index contributed by atoms with van der Waals surface area (Å²) in [6.07, 6.45) is 2.92. The molecule has 2 rings (SSSR count). The van der Waals surface area contributed by atoms with Crippen molar-refractivity contribution >= 4 is 5.97 Å². The minimum Gasteiger partial charge on any atom is -0.463 e. The molecule has 1 aromatic rings. The first-order valence-electron chi connectivity index (χ1n) is 8.57. The maximum atomic E-state index is 11.8. The number of hydrogen-bond acceptors (Lipinski definition) is 7. The number of unbranched alkanes of at least 4 members (excludes halogenated alkanes) is 1. The number of aliphatic hydroxyl groups is 2. The van der Waals surface area contributed by atoms with Gasteiger partial charge >= 0.3 is 11.7 Å². The van der Waals surface area contributed by atoms with E-state index in [9.17, 15) is 24.6 Å². The number of aromatic nitrogens is 2. The average molecular weight is 368 g/mol. The molecule has 1 aromatic heterocycles. The zero-order chi connectivity index (χ0) is 19.1. The average Bonchev–Trinajstić information content (AvgIpc) is 2.88.